The fraction of sp³-hybridized carbons (Fsp3) is 1.00. The molecule has 0 fully saturated rings. The van der Waals surface area contributed by atoms with Crippen LogP contribution in [0.3, 0.4) is 0 Å². The molecule has 0 aromatic heterocycles. The monoisotopic (exact) mass is 288 g/mol. The molecule has 0 aromatic carbocycles. The van der Waals surface area contributed by atoms with E-state index in [4.69, 9.17) is 11.8 Å². The van der Waals surface area contributed by atoms with Gasteiger partial charge in [-0.25, -0.2) is 0 Å². The summed E-state index contributed by atoms with van der Waals surface area (Å²) in [4.78, 5) is 10.1. The Bertz CT molecular complexity index is 211. The van der Waals surface area contributed by atoms with Crippen molar-refractivity contribution in [2.75, 3.05) is 17.3 Å². The zero-order valence-electron chi connectivity index (χ0n) is 10.1. The summed E-state index contributed by atoms with van der Waals surface area (Å²) < 4.78 is -2.34. The highest BCUT2D eigenvalue weighted by atomic mass is 33.3. The SMILES string of the molecule is CCCCCCS(CC)(CC)P(O)(=S)S. The first-order valence-corrected chi connectivity index (χ1v) is 12.4. The Morgan fingerprint density at radius 2 is 1.67 bits per heavy atom. The average Bonchev–Trinajstić information content (AvgIpc) is 2.17. The minimum atomic E-state index is -2.34. The lowest BCUT2D eigenvalue weighted by atomic mass is 10.2. The first-order valence-electron chi connectivity index (χ1n) is 5.75. The second-order valence-corrected chi connectivity index (χ2v) is 17.9. The molecule has 0 bridgehead atoms. The Morgan fingerprint density at radius 3 is 2.00 bits per heavy atom. The predicted octanol–water partition coefficient (Wildman–Crippen LogP) is 4.56. The van der Waals surface area contributed by atoms with Crippen molar-refractivity contribution in [2.45, 2.75) is 46.5 Å². The molecule has 0 saturated heterocycles. The summed E-state index contributed by atoms with van der Waals surface area (Å²) in [5.74, 6) is 3.19. The number of hydrogen-bond donors (Lipinski definition) is 2. The van der Waals surface area contributed by atoms with Gasteiger partial charge in [0.05, 0.1) is 0 Å². The van der Waals surface area contributed by atoms with Gasteiger partial charge in [0.1, 0.15) is 0 Å². The van der Waals surface area contributed by atoms with Gasteiger partial charge in [-0.1, -0.05) is 40.0 Å². The minimum absolute atomic E-state index is 1.02. The van der Waals surface area contributed by atoms with Gasteiger partial charge in [-0.2, -0.15) is 9.65 Å². The van der Waals surface area contributed by atoms with Crippen LogP contribution in [0.5, 0.6) is 0 Å². The van der Waals surface area contributed by atoms with Gasteiger partial charge in [-0.05, 0) is 35.5 Å². The van der Waals surface area contributed by atoms with Gasteiger partial charge in [0, 0.05) is 0 Å². The zero-order chi connectivity index (χ0) is 11.9. The maximum absolute atomic E-state index is 10.1. The summed E-state index contributed by atoms with van der Waals surface area (Å²) in [6, 6.07) is 0. The molecule has 1 unspecified atom stereocenters. The van der Waals surface area contributed by atoms with Crippen LogP contribution < -0.4 is 0 Å². The highest BCUT2D eigenvalue weighted by Gasteiger charge is 2.31. The van der Waals surface area contributed by atoms with E-state index in [1.165, 1.54) is 25.7 Å². The summed E-state index contributed by atoms with van der Waals surface area (Å²) in [7, 11) is -1.02. The van der Waals surface area contributed by atoms with Crippen LogP contribution in [0.1, 0.15) is 46.5 Å². The molecule has 1 N–H and O–H groups in total. The van der Waals surface area contributed by atoms with E-state index >= 15 is 0 Å². The van der Waals surface area contributed by atoms with Crippen LogP contribution in [0.15, 0.2) is 0 Å². The smallest absolute Gasteiger partial charge is 0.152 e. The van der Waals surface area contributed by atoms with Crippen molar-refractivity contribution >= 4 is 38.4 Å². The van der Waals surface area contributed by atoms with E-state index in [0.29, 0.717) is 0 Å². The third kappa shape index (κ3) is 4.99. The number of rotatable bonds is 8. The van der Waals surface area contributed by atoms with Crippen LogP contribution >= 0.6 is 26.6 Å². The summed E-state index contributed by atoms with van der Waals surface area (Å²) in [6.07, 6.45) is 5.04. The minimum Gasteiger partial charge on any atom is -0.351 e. The number of hydrogen-bond acceptors (Lipinski definition) is 1. The molecule has 0 aliphatic carbocycles. The highest BCUT2D eigenvalue weighted by molar-refractivity contribution is 9.05. The van der Waals surface area contributed by atoms with Crippen molar-refractivity contribution < 1.29 is 4.89 Å². The van der Waals surface area contributed by atoms with Crippen LogP contribution in [-0.2, 0) is 11.8 Å². The maximum Gasteiger partial charge on any atom is 0.152 e. The number of unbranched alkanes of at least 4 members (excludes halogenated alkanes) is 3. The van der Waals surface area contributed by atoms with Crippen molar-refractivity contribution in [2.24, 2.45) is 0 Å². The van der Waals surface area contributed by atoms with E-state index in [-0.39, 0.29) is 0 Å². The normalized spacial score (nSPS) is 17.4. The molecule has 0 spiro atoms. The summed E-state index contributed by atoms with van der Waals surface area (Å²) >= 11 is 9.60. The molecule has 0 heterocycles. The van der Waals surface area contributed by atoms with Gasteiger partial charge in [0.15, 0.2) is 4.67 Å². The van der Waals surface area contributed by atoms with Gasteiger partial charge in [-0.3, -0.25) is 0 Å². The molecule has 15 heavy (non-hydrogen) atoms. The fourth-order valence-corrected chi connectivity index (χ4v) is 12.9. The number of thiol groups is 1. The van der Waals surface area contributed by atoms with E-state index in [1.807, 2.05) is 0 Å². The molecule has 1 nitrogen and oxygen atoms in total. The molecule has 0 rings (SSSR count). The lowest BCUT2D eigenvalue weighted by Crippen LogP contribution is -2.09. The van der Waals surface area contributed by atoms with Crippen LogP contribution in [0.25, 0.3) is 0 Å². The topological polar surface area (TPSA) is 20.2 Å². The molecule has 0 aromatic rings. The molecular formula is C10H25OPS3. The van der Waals surface area contributed by atoms with Crippen molar-refractivity contribution in [3.63, 3.8) is 0 Å². The van der Waals surface area contributed by atoms with Gasteiger partial charge in [0.2, 0.25) is 0 Å². The Hall–Kier alpha value is 1.31. The largest absolute Gasteiger partial charge is 0.351 e. The van der Waals surface area contributed by atoms with Crippen LogP contribution in [0.4, 0.5) is 0 Å². The quantitative estimate of drug-likeness (QED) is 0.388. The average molecular weight is 288 g/mol. The lowest BCUT2D eigenvalue weighted by Gasteiger charge is -2.42. The van der Waals surface area contributed by atoms with Crippen LogP contribution in [0.2, 0.25) is 0 Å². The van der Waals surface area contributed by atoms with Gasteiger partial charge < -0.3 is 4.89 Å². The van der Waals surface area contributed by atoms with Crippen molar-refractivity contribution in [1.29, 1.82) is 0 Å². The molecule has 0 aliphatic rings. The first kappa shape index (κ1) is 16.3. The lowest BCUT2D eigenvalue weighted by molar-refractivity contribution is 0.652. The van der Waals surface area contributed by atoms with Gasteiger partial charge in [-0.15, -0.1) is 12.2 Å². The Morgan fingerprint density at radius 1 is 1.13 bits per heavy atom. The predicted molar refractivity (Wildman–Crippen MR) is 83.2 cm³/mol. The van der Waals surface area contributed by atoms with Crippen LogP contribution in [0, 0.1) is 0 Å². The van der Waals surface area contributed by atoms with Gasteiger partial charge >= 0.3 is 0 Å². The first-order chi connectivity index (χ1) is 6.93. The summed E-state index contributed by atoms with van der Waals surface area (Å²) in [6.45, 7) is 6.53. The van der Waals surface area contributed by atoms with E-state index in [9.17, 15) is 4.89 Å². The summed E-state index contributed by atoms with van der Waals surface area (Å²) in [5, 5.41) is 0. The molecule has 0 aliphatic heterocycles. The zero-order valence-corrected chi connectivity index (χ0v) is 13.5. The van der Waals surface area contributed by atoms with E-state index in [0.717, 1.165) is 17.3 Å². The summed E-state index contributed by atoms with van der Waals surface area (Å²) in [5.41, 5.74) is 0. The second-order valence-electron chi connectivity index (χ2n) is 3.83. The Kier molecular flexibility index (Phi) is 8.26. The van der Waals surface area contributed by atoms with Crippen molar-refractivity contribution in [3.8, 4) is 0 Å². The van der Waals surface area contributed by atoms with Crippen molar-refractivity contribution in [3.05, 3.63) is 0 Å². The maximum atomic E-state index is 10.1. The third-order valence-electron chi connectivity index (χ3n) is 2.96. The molecule has 0 amide bonds. The standard InChI is InChI=1S/C10H25OPS3/c1-4-7-8-9-10-15(5-2,6-3)12(11,13)14/h4-10H2,1-3H3,(H2,11,13,14). The third-order valence-corrected chi connectivity index (χ3v) is 18.3. The molecular weight excluding hydrogens is 263 g/mol. The Balaban J connectivity index is 4.33. The van der Waals surface area contributed by atoms with E-state index in [2.05, 4.69) is 33.0 Å². The fourth-order valence-electron chi connectivity index (χ4n) is 1.75. The molecule has 0 saturated carbocycles. The Labute approximate surface area is 107 Å². The molecule has 1 atom stereocenters. The molecule has 0 radical (unpaired) electrons. The molecule has 5 heteroatoms. The van der Waals surface area contributed by atoms with E-state index in [1.54, 1.807) is 0 Å². The van der Waals surface area contributed by atoms with Crippen LogP contribution in [-0.4, -0.2) is 22.2 Å². The highest BCUT2D eigenvalue weighted by Crippen LogP contribution is 2.81. The molecule has 94 valence electrons. The van der Waals surface area contributed by atoms with Gasteiger partial charge in [0.25, 0.3) is 0 Å². The van der Waals surface area contributed by atoms with Crippen molar-refractivity contribution in [1.82, 2.24) is 0 Å². The van der Waals surface area contributed by atoms with E-state index < -0.39 is 14.3 Å². The second kappa shape index (κ2) is 7.60.